The molecule has 2 aromatic heterocycles. The maximum absolute atomic E-state index is 12.2. The second-order valence-corrected chi connectivity index (χ2v) is 6.32. The topological polar surface area (TPSA) is 80.7 Å². The van der Waals surface area contributed by atoms with Gasteiger partial charge in [0.2, 0.25) is 5.76 Å². The molecule has 1 fully saturated rings. The van der Waals surface area contributed by atoms with Crippen molar-refractivity contribution in [2.75, 3.05) is 19.6 Å². The predicted molar refractivity (Wildman–Crippen MR) is 87.6 cm³/mol. The second kappa shape index (κ2) is 7.19. The van der Waals surface area contributed by atoms with Crippen molar-refractivity contribution in [1.29, 1.82) is 0 Å². The molecule has 3 atom stereocenters. The summed E-state index contributed by atoms with van der Waals surface area (Å²) >= 11 is 0. The summed E-state index contributed by atoms with van der Waals surface area (Å²) in [5.41, 5.74) is 0.248. The fraction of sp³-hybridized carbons (Fsp3) is 0.529. The van der Waals surface area contributed by atoms with Crippen LogP contribution in [0.25, 0.3) is 11.5 Å². The van der Waals surface area contributed by atoms with E-state index in [0.717, 1.165) is 13.1 Å². The van der Waals surface area contributed by atoms with Gasteiger partial charge < -0.3 is 19.0 Å². The predicted octanol–water partition coefficient (Wildman–Crippen LogP) is 2.16. The smallest absolute Gasteiger partial charge is 0.273 e. The van der Waals surface area contributed by atoms with E-state index >= 15 is 0 Å². The van der Waals surface area contributed by atoms with E-state index in [4.69, 9.17) is 13.7 Å². The lowest BCUT2D eigenvalue weighted by molar-refractivity contribution is -0.0778. The molecular weight excluding hydrogens is 310 g/mol. The molecule has 0 bridgehead atoms. The quantitative estimate of drug-likeness (QED) is 0.903. The average Bonchev–Trinajstić information content (AvgIpc) is 3.21. The van der Waals surface area contributed by atoms with Crippen LogP contribution < -0.4 is 5.32 Å². The van der Waals surface area contributed by atoms with Gasteiger partial charge in [0.1, 0.15) is 0 Å². The zero-order chi connectivity index (χ0) is 17.1. The third kappa shape index (κ3) is 3.85. The minimum atomic E-state index is -0.252. The SMILES string of the molecule is CC1CN(C(C)CNC(=O)c2cc(-c3ccco3)on2)CC(C)O1. The number of ether oxygens (including phenoxy) is 1. The number of nitrogens with one attached hydrogen (secondary N) is 1. The molecule has 7 nitrogen and oxygen atoms in total. The monoisotopic (exact) mass is 333 g/mol. The first-order valence-electron chi connectivity index (χ1n) is 8.21. The van der Waals surface area contributed by atoms with Crippen molar-refractivity contribution in [3.63, 3.8) is 0 Å². The van der Waals surface area contributed by atoms with E-state index in [1.807, 2.05) is 0 Å². The number of hydrogen-bond acceptors (Lipinski definition) is 6. The molecule has 130 valence electrons. The summed E-state index contributed by atoms with van der Waals surface area (Å²) in [5.74, 6) is 0.734. The van der Waals surface area contributed by atoms with Gasteiger partial charge in [-0.25, -0.2) is 0 Å². The Morgan fingerprint density at radius 2 is 2.12 bits per heavy atom. The molecule has 3 heterocycles. The molecule has 1 aliphatic rings. The van der Waals surface area contributed by atoms with Gasteiger partial charge in [-0.2, -0.15) is 0 Å². The minimum Gasteiger partial charge on any atom is -0.461 e. The number of furan rings is 1. The molecule has 1 amide bonds. The Labute approximate surface area is 140 Å². The number of rotatable bonds is 5. The fourth-order valence-electron chi connectivity index (χ4n) is 2.95. The van der Waals surface area contributed by atoms with Crippen LogP contribution in [0.15, 0.2) is 33.4 Å². The van der Waals surface area contributed by atoms with E-state index in [2.05, 4.69) is 36.1 Å². The molecule has 0 spiro atoms. The minimum absolute atomic E-state index is 0.207. The molecule has 0 aliphatic carbocycles. The maximum Gasteiger partial charge on any atom is 0.273 e. The zero-order valence-corrected chi connectivity index (χ0v) is 14.2. The first-order chi connectivity index (χ1) is 11.5. The van der Waals surface area contributed by atoms with Crippen LogP contribution in [0.1, 0.15) is 31.3 Å². The number of amides is 1. The molecule has 1 aliphatic heterocycles. The van der Waals surface area contributed by atoms with Gasteiger partial charge in [0.15, 0.2) is 11.5 Å². The lowest BCUT2D eigenvalue weighted by atomic mass is 10.1. The number of hydrogen-bond donors (Lipinski definition) is 1. The maximum atomic E-state index is 12.2. The molecule has 2 aromatic rings. The highest BCUT2D eigenvalue weighted by molar-refractivity contribution is 5.92. The first kappa shape index (κ1) is 16.7. The van der Waals surface area contributed by atoms with E-state index in [1.165, 1.54) is 0 Å². The molecule has 0 aromatic carbocycles. The Kier molecular flexibility index (Phi) is 5.01. The first-order valence-corrected chi connectivity index (χ1v) is 8.21. The van der Waals surface area contributed by atoms with Crippen molar-refractivity contribution in [2.24, 2.45) is 0 Å². The summed E-state index contributed by atoms with van der Waals surface area (Å²) in [4.78, 5) is 14.6. The van der Waals surface area contributed by atoms with Crippen molar-refractivity contribution < 1.29 is 18.5 Å². The van der Waals surface area contributed by atoms with Gasteiger partial charge in [-0.3, -0.25) is 9.69 Å². The van der Waals surface area contributed by atoms with Crippen LogP contribution in [-0.4, -0.2) is 53.8 Å². The number of nitrogens with zero attached hydrogens (tertiary/aromatic N) is 2. The van der Waals surface area contributed by atoms with E-state index in [9.17, 15) is 4.79 Å². The molecule has 3 unspecified atom stereocenters. The highest BCUT2D eigenvalue weighted by Crippen LogP contribution is 2.20. The van der Waals surface area contributed by atoms with Crippen LogP contribution >= 0.6 is 0 Å². The Morgan fingerprint density at radius 1 is 1.38 bits per heavy atom. The Hall–Kier alpha value is -2.12. The molecular formula is C17H23N3O4. The fourth-order valence-corrected chi connectivity index (χ4v) is 2.95. The lowest BCUT2D eigenvalue weighted by Gasteiger charge is -2.38. The van der Waals surface area contributed by atoms with E-state index in [1.54, 1.807) is 24.5 Å². The Morgan fingerprint density at radius 3 is 2.79 bits per heavy atom. The Bertz CT molecular complexity index is 657. The number of carbonyl (C=O) groups is 1. The summed E-state index contributed by atoms with van der Waals surface area (Å²) in [7, 11) is 0. The van der Waals surface area contributed by atoms with Crippen LogP contribution in [0, 0.1) is 0 Å². The number of aromatic nitrogens is 1. The van der Waals surface area contributed by atoms with Crippen molar-refractivity contribution in [3.05, 3.63) is 30.2 Å². The number of morpholine rings is 1. The largest absolute Gasteiger partial charge is 0.461 e. The Balaban J connectivity index is 1.53. The highest BCUT2D eigenvalue weighted by atomic mass is 16.5. The zero-order valence-electron chi connectivity index (χ0n) is 14.2. The van der Waals surface area contributed by atoms with Gasteiger partial charge in [-0.05, 0) is 32.9 Å². The summed E-state index contributed by atoms with van der Waals surface area (Å²) in [6.45, 7) is 8.52. The lowest BCUT2D eigenvalue weighted by Crippen LogP contribution is -2.52. The van der Waals surface area contributed by atoms with Crippen LogP contribution in [0.2, 0.25) is 0 Å². The van der Waals surface area contributed by atoms with Crippen molar-refractivity contribution >= 4 is 5.91 Å². The molecule has 0 saturated carbocycles. The molecule has 1 N–H and O–H groups in total. The summed E-state index contributed by atoms with van der Waals surface area (Å²) < 4.78 is 16.1. The molecule has 24 heavy (non-hydrogen) atoms. The third-order valence-corrected chi connectivity index (χ3v) is 4.14. The van der Waals surface area contributed by atoms with Crippen LogP contribution in [0.4, 0.5) is 0 Å². The van der Waals surface area contributed by atoms with Gasteiger partial charge in [-0.15, -0.1) is 0 Å². The molecule has 0 radical (unpaired) electrons. The van der Waals surface area contributed by atoms with E-state index in [-0.39, 0.29) is 29.9 Å². The molecule has 1 saturated heterocycles. The van der Waals surface area contributed by atoms with Gasteiger partial charge in [-0.1, -0.05) is 5.16 Å². The van der Waals surface area contributed by atoms with Crippen molar-refractivity contribution in [3.8, 4) is 11.5 Å². The van der Waals surface area contributed by atoms with Crippen LogP contribution in [0.3, 0.4) is 0 Å². The van der Waals surface area contributed by atoms with Crippen LogP contribution in [-0.2, 0) is 4.74 Å². The second-order valence-electron chi connectivity index (χ2n) is 6.32. The summed E-state index contributed by atoms with van der Waals surface area (Å²) in [5, 5.41) is 6.72. The van der Waals surface area contributed by atoms with Gasteiger partial charge in [0.25, 0.3) is 5.91 Å². The third-order valence-electron chi connectivity index (χ3n) is 4.14. The van der Waals surface area contributed by atoms with Gasteiger partial charge in [0.05, 0.1) is 18.5 Å². The van der Waals surface area contributed by atoms with Gasteiger partial charge >= 0.3 is 0 Å². The van der Waals surface area contributed by atoms with Crippen LogP contribution in [0.5, 0.6) is 0 Å². The standard InChI is InChI=1S/C17H23N3O4/c1-11(20-9-12(2)23-13(3)10-20)8-18-17(21)14-7-16(24-19-14)15-5-4-6-22-15/h4-7,11-13H,8-10H2,1-3H3,(H,18,21). The normalized spacial score (nSPS) is 23.1. The molecule has 7 heteroatoms. The molecule has 3 rings (SSSR count). The average molecular weight is 333 g/mol. The van der Waals surface area contributed by atoms with E-state index < -0.39 is 0 Å². The van der Waals surface area contributed by atoms with Gasteiger partial charge in [0, 0.05) is 31.7 Å². The van der Waals surface area contributed by atoms with Crippen molar-refractivity contribution in [2.45, 2.75) is 39.0 Å². The number of carbonyl (C=O) groups excluding carboxylic acids is 1. The van der Waals surface area contributed by atoms with E-state index in [0.29, 0.717) is 18.1 Å². The summed E-state index contributed by atoms with van der Waals surface area (Å²) in [6.07, 6.45) is 1.96. The highest BCUT2D eigenvalue weighted by Gasteiger charge is 2.26. The van der Waals surface area contributed by atoms with Crippen molar-refractivity contribution in [1.82, 2.24) is 15.4 Å². The summed E-state index contributed by atoms with van der Waals surface area (Å²) in [6, 6.07) is 5.31.